The molecule has 0 bridgehead atoms. The van der Waals surface area contributed by atoms with Crippen LogP contribution in [-0.4, -0.2) is 24.4 Å². The van der Waals surface area contributed by atoms with E-state index < -0.39 is 6.04 Å². The number of hydrogen-bond acceptors (Lipinski definition) is 3. The molecule has 2 N–H and O–H groups in total. The fourth-order valence-electron chi connectivity index (χ4n) is 3.29. The van der Waals surface area contributed by atoms with E-state index >= 15 is 0 Å². The Bertz CT molecular complexity index is 977. The summed E-state index contributed by atoms with van der Waals surface area (Å²) in [5.74, 6) is -0.109. The summed E-state index contributed by atoms with van der Waals surface area (Å²) in [6, 6.07) is 21.0. The standard InChI is InChI=1S/C23H25N3O2/c1-4-26(22-11-7-9-18-8-5-6-10-21(18)22)23(28)16(2)24-19-12-14-20(15-13-19)25-17(3)27/h5-16,24H,4H2,1-3H3,(H,25,27)/t16-/m1/s1. The quantitative estimate of drug-likeness (QED) is 0.659. The molecule has 0 saturated heterocycles. The first-order chi connectivity index (χ1) is 13.5. The molecule has 2 amide bonds. The van der Waals surface area contributed by atoms with E-state index in [2.05, 4.69) is 22.8 Å². The second kappa shape index (κ2) is 8.57. The van der Waals surface area contributed by atoms with Gasteiger partial charge in [0.25, 0.3) is 0 Å². The normalized spacial score (nSPS) is 11.7. The Balaban J connectivity index is 1.78. The summed E-state index contributed by atoms with van der Waals surface area (Å²) in [6.45, 7) is 5.90. The van der Waals surface area contributed by atoms with E-state index in [9.17, 15) is 9.59 Å². The van der Waals surface area contributed by atoms with Crippen molar-refractivity contribution in [1.29, 1.82) is 0 Å². The number of likely N-dealkylation sites (N-methyl/N-ethyl adjacent to an activating group) is 1. The Labute approximate surface area is 165 Å². The van der Waals surface area contributed by atoms with Crippen LogP contribution in [0.15, 0.2) is 66.7 Å². The lowest BCUT2D eigenvalue weighted by atomic mass is 10.1. The number of nitrogens with one attached hydrogen (secondary N) is 2. The first-order valence-corrected chi connectivity index (χ1v) is 9.43. The van der Waals surface area contributed by atoms with E-state index in [1.54, 1.807) is 0 Å². The number of anilines is 3. The average molecular weight is 375 g/mol. The van der Waals surface area contributed by atoms with Crippen molar-refractivity contribution >= 4 is 39.6 Å². The van der Waals surface area contributed by atoms with Crippen LogP contribution in [0.4, 0.5) is 17.1 Å². The molecule has 28 heavy (non-hydrogen) atoms. The van der Waals surface area contributed by atoms with Crippen LogP contribution in [0.25, 0.3) is 10.8 Å². The summed E-state index contributed by atoms with van der Waals surface area (Å²) in [4.78, 5) is 26.1. The third-order valence-corrected chi connectivity index (χ3v) is 4.60. The largest absolute Gasteiger partial charge is 0.374 e. The smallest absolute Gasteiger partial charge is 0.249 e. The minimum absolute atomic E-state index is 0.00444. The molecule has 1 atom stereocenters. The third-order valence-electron chi connectivity index (χ3n) is 4.60. The zero-order valence-electron chi connectivity index (χ0n) is 16.4. The van der Waals surface area contributed by atoms with Gasteiger partial charge in [-0.3, -0.25) is 9.59 Å². The summed E-state index contributed by atoms with van der Waals surface area (Å²) in [5, 5.41) is 8.16. The predicted octanol–water partition coefficient (Wildman–Crippen LogP) is 4.65. The zero-order valence-corrected chi connectivity index (χ0v) is 16.4. The molecule has 5 heteroatoms. The van der Waals surface area contributed by atoms with Gasteiger partial charge in [0.05, 0.1) is 5.69 Å². The average Bonchev–Trinajstić information content (AvgIpc) is 2.69. The van der Waals surface area contributed by atoms with E-state index in [4.69, 9.17) is 0 Å². The lowest BCUT2D eigenvalue weighted by Crippen LogP contribution is -2.41. The fraction of sp³-hybridized carbons (Fsp3) is 0.217. The van der Waals surface area contributed by atoms with Crippen molar-refractivity contribution in [3.8, 4) is 0 Å². The van der Waals surface area contributed by atoms with Gasteiger partial charge in [0.2, 0.25) is 11.8 Å². The Morgan fingerprint density at radius 2 is 1.57 bits per heavy atom. The van der Waals surface area contributed by atoms with Gasteiger partial charge in [-0.05, 0) is 49.6 Å². The van der Waals surface area contributed by atoms with Gasteiger partial charge in [0, 0.05) is 30.2 Å². The number of fused-ring (bicyclic) bond motifs is 1. The Morgan fingerprint density at radius 1 is 0.929 bits per heavy atom. The number of hydrogen-bond donors (Lipinski definition) is 2. The van der Waals surface area contributed by atoms with E-state index in [1.807, 2.05) is 73.3 Å². The van der Waals surface area contributed by atoms with Crippen molar-refractivity contribution < 1.29 is 9.59 Å². The second-order valence-electron chi connectivity index (χ2n) is 6.71. The number of benzene rings is 3. The lowest BCUT2D eigenvalue weighted by Gasteiger charge is -2.27. The van der Waals surface area contributed by atoms with Crippen molar-refractivity contribution in [2.45, 2.75) is 26.8 Å². The SMILES string of the molecule is CCN(C(=O)[C@@H](C)Nc1ccc(NC(C)=O)cc1)c1cccc2ccccc12. The highest BCUT2D eigenvalue weighted by molar-refractivity contribution is 6.06. The van der Waals surface area contributed by atoms with Crippen molar-refractivity contribution in [1.82, 2.24) is 0 Å². The maximum absolute atomic E-state index is 13.1. The van der Waals surface area contributed by atoms with Crippen LogP contribution >= 0.6 is 0 Å². The molecule has 144 valence electrons. The molecule has 0 radical (unpaired) electrons. The number of rotatable bonds is 6. The van der Waals surface area contributed by atoms with Crippen LogP contribution in [0.2, 0.25) is 0 Å². The molecule has 0 aromatic heterocycles. The third kappa shape index (κ3) is 4.31. The fourth-order valence-corrected chi connectivity index (χ4v) is 3.29. The lowest BCUT2D eigenvalue weighted by molar-refractivity contribution is -0.119. The molecule has 0 unspecified atom stereocenters. The van der Waals surface area contributed by atoms with Crippen molar-refractivity contribution in [3.05, 3.63) is 66.7 Å². The summed E-state index contributed by atoms with van der Waals surface area (Å²) in [5.41, 5.74) is 2.46. The maximum Gasteiger partial charge on any atom is 0.249 e. The summed E-state index contributed by atoms with van der Waals surface area (Å²) in [7, 11) is 0. The molecule has 0 saturated carbocycles. The van der Waals surface area contributed by atoms with Crippen LogP contribution in [0, 0.1) is 0 Å². The van der Waals surface area contributed by atoms with Crippen molar-refractivity contribution in [2.24, 2.45) is 0 Å². The van der Waals surface area contributed by atoms with Crippen LogP contribution in [0.3, 0.4) is 0 Å². The number of amides is 2. The maximum atomic E-state index is 13.1. The van der Waals surface area contributed by atoms with E-state index in [1.165, 1.54) is 6.92 Å². The molecule has 0 heterocycles. The summed E-state index contributed by atoms with van der Waals surface area (Å²) in [6.07, 6.45) is 0. The van der Waals surface area contributed by atoms with Crippen LogP contribution in [0.5, 0.6) is 0 Å². The topological polar surface area (TPSA) is 61.4 Å². The van der Waals surface area contributed by atoms with Gasteiger partial charge in [-0.1, -0.05) is 36.4 Å². The Morgan fingerprint density at radius 3 is 2.25 bits per heavy atom. The van der Waals surface area contributed by atoms with E-state index in [0.29, 0.717) is 6.54 Å². The molecule has 3 aromatic carbocycles. The zero-order chi connectivity index (χ0) is 20.1. The molecular formula is C23H25N3O2. The Kier molecular flexibility index (Phi) is 5.94. The predicted molar refractivity (Wildman–Crippen MR) is 116 cm³/mol. The molecule has 0 aliphatic rings. The van der Waals surface area contributed by atoms with Crippen molar-refractivity contribution in [3.63, 3.8) is 0 Å². The van der Waals surface area contributed by atoms with Gasteiger partial charge in [-0.2, -0.15) is 0 Å². The number of nitrogens with zero attached hydrogens (tertiary/aromatic N) is 1. The van der Waals surface area contributed by atoms with Crippen LogP contribution < -0.4 is 15.5 Å². The minimum Gasteiger partial charge on any atom is -0.374 e. The first kappa shape index (κ1) is 19.4. The monoisotopic (exact) mass is 375 g/mol. The van der Waals surface area contributed by atoms with Gasteiger partial charge >= 0.3 is 0 Å². The van der Waals surface area contributed by atoms with Crippen molar-refractivity contribution in [2.75, 3.05) is 22.1 Å². The molecule has 0 spiro atoms. The highest BCUT2D eigenvalue weighted by Crippen LogP contribution is 2.27. The van der Waals surface area contributed by atoms with Crippen LogP contribution in [-0.2, 0) is 9.59 Å². The number of carbonyl (C=O) groups excluding carboxylic acids is 2. The molecule has 5 nitrogen and oxygen atoms in total. The molecule has 0 fully saturated rings. The Hall–Kier alpha value is -3.34. The molecule has 0 aliphatic carbocycles. The first-order valence-electron chi connectivity index (χ1n) is 9.43. The molecule has 0 aliphatic heterocycles. The van der Waals surface area contributed by atoms with Gasteiger partial charge in [-0.25, -0.2) is 0 Å². The van der Waals surface area contributed by atoms with Gasteiger partial charge in [-0.15, -0.1) is 0 Å². The van der Waals surface area contributed by atoms with Crippen LogP contribution in [0.1, 0.15) is 20.8 Å². The second-order valence-corrected chi connectivity index (χ2v) is 6.71. The van der Waals surface area contributed by atoms with Gasteiger partial charge in [0.15, 0.2) is 0 Å². The molecule has 3 aromatic rings. The highest BCUT2D eigenvalue weighted by atomic mass is 16.2. The minimum atomic E-state index is -0.398. The van der Waals surface area contributed by atoms with Gasteiger partial charge < -0.3 is 15.5 Å². The van der Waals surface area contributed by atoms with E-state index in [-0.39, 0.29) is 11.8 Å². The summed E-state index contributed by atoms with van der Waals surface area (Å²) >= 11 is 0. The molecule has 3 rings (SSSR count). The summed E-state index contributed by atoms with van der Waals surface area (Å²) < 4.78 is 0. The van der Waals surface area contributed by atoms with Gasteiger partial charge in [0.1, 0.15) is 6.04 Å². The highest BCUT2D eigenvalue weighted by Gasteiger charge is 2.22. The molecular weight excluding hydrogens is 350 g/mol. The number of carbonyl (C=O) groups is 2. The van der Waals surface area contributed by atoms with E-state index in [0.717, 1.165) is 27.8 Å².